The van der Waals surface area contributed by atoms with Gasteiger partial charge in [0.05, 0.1) is 16.3 Å². The van der Waals surface area contributed by atoms with Crippen LogP contribution in [0.1, 0.15) is 25.8 Å². The summed E-state index contributed by atoms with van der Waals surface area (Å²) in [4.78, 5) is 15.2. The molecule has 0 radical (unpaired) electrons. The quantitative estimate of drug-likeness (QED) is 0.820. The van der Waals surface area contributed by atoms with E-state index in [1.807, 2.05) is 0 Å². The molecule has 1 N–H and O–H groups in total. The van der Waals surface area contributed by atoms with Crippen LogP contribution in [0.5, 0.6) is 0 Å². The number of nitrogens with zero attached hydrogens (tertiary/aromatic N) is 1. The van der Waals surface area contributed by atoms with Crippen molar-refractivity contribution in [3.8, 4) is 0 Å². The van der Waals surface area contributed by atoms with Crippen molar-refractivity contribution in [2.45, 2.75) is 31.5 Å². The minimum absolute atomic E-state index is 0.141. The van der Waals surface area contributed by atoms with Crippen LogP contribution in [-0.2, 0) is 11.0 Å². The van der Waals surface area contributed by atoms with E-state index < -0.39 is 11.7 Å². The normalized spacial score (nSPS) is 11.7. The van der Waals surface area contributed by atoms with E-state index >= 15 is 0 Å². The molecule has 0 fully saturated rings. The second-order valence-corrected chi connectivity index (χ2v) is 5.70. The van der Waals surface area contributed by atoms with Crippen LogP contribution in [-0.4, -0.2) is 23.2 Å². The number of hydrogen-bond donors (Lipinski definition) is 1. The highest BCUT2D eigenvalue weighted by atomic mass is 32.2. The van der Waals surface area contributed by atoms with Gasteiger partial charge in [-0.3, -0.25) is 4.79 Å². The fraction of sp³-hybridized carbons (Fsp3) is 0.538. The standard InChI is InChI=1S/C13H17F3N2OS/c1-9(2)5-6-17-11(19)8-20-12-4-3-10(7-18-12)13(14,15)16/h3-4,7,9H,5-6,8H2,1-2H3,(H,17,19). The molecule has 0 aliphatic carbocycles. The Hall–Kier alpha value is -1.24. The Morgan fingerprint density at radius 2 is 2.10 bits per heavy atom. The van der Waals surface area contributed by atoms with Gasteiger partial charge in [-0.1, -0.05) is 25.6 Å². The van der Waals surface area contributed by atoms with Crippen molar-refractivity contribution in [3.05, 3.63) is 23.9 Å². The summed E-state index contributed by atoms with van der Waals surface area (Å²) < 4.78 is 37.0. The van der Waals surface area contributed by atoms with E-state index in [-0.39, 0.29) is 11.7 Å². The van der Waals surface area contributed by atoms with Gasteiger partial charge in [0, 0.05) is 12.7 Å². The van der Waals surface area contributed by atoms with Crippen molar-refractivity contribution in [1.29, 1.82) is 0 Å². The van der Waals surface area contributed by atoms with Crippen LogP contribution in [0.4, 0.5) is 13.2 Å². The third-order valence-electron chi connectivity index (χ3n) is 2.46. The number of amides is 1. The van der Waals surface area contributed by atoms with E-state index in [0.717, 1.165) is 30.4 Å². The Morgan fingerprint density at radius 1 is 1.40 bits per heavy atom. The van der Waals surface area contributed by atoms with Gasteiger partial charge < -0.3 is 5.32 Å². The zero-order valence-corrected chi connectivity index (χ0v) is 12.1. The number of pyridine rings is 1. The lowest BCUT2D eigenvalue weighted by Gasteiger charge is -2.08. The minimum Gasteiger partial charge on any atom is -0.355 e. The van der Waals surface area contributed by atoms with Crippen molar-refractivity contribution in [3.63, 3.8) is 0 Å². The maximum Gasteiger partial charge on any atom is 0.417 e. The second-order valence-electron chi connectivity index (χ2n) is 4.70. The van der Waals surface area contributed by atoms with Gasteiger partial charge in [-0.15, -0.1) is 0 Å². The Morgan fingerprint density at radius 3 is 2.60 bits per heavy atom. The molecule has 0 saturated carbocycles. The van der Waals surface area contributed by atoms with E-state index in [0.29, 0.717) is 17.5 Å². The largest absolute Gasteiger partial charge is 0.417 e. The van der Waals surface area contributed by atoms with Gasteiger partial charge in [0.15, 0.2) is 0 Å². The van der Waals surface area contributed by atoms with E-state index in [2.05, 4.69) is 24.1 Å². The summed E-state index contributed by atoms with van der Waals surface area (Å²) in [5.41, 5.74) is -0.789. The molecule has 1 heterocycles. The van der Waals surface area contributed by atoms with Crippen LogP contribution in [0.25, 0.3) is 0 Å². The summed E-state index contributed by atoms with van der Waals surface area (Å²) in [5.74, 6) is 0.521. The molecule has 1 rings (SSSR count). The molecule has 0 aliphatic rings. The summed E-state index contributed by atoms with van der Waals surface area (Å²) in [7, 11) is 0. The first-order valence-electron chi connectivity index (χ1n) is 6.22. The van der Waals surface area contributed by atoms with Gasteiger partial charge in [0.1, 0.15) is 0 Å². The van der Waals surface area contributed by atoms with Crippen LogP contribution >= 0.6 is 11.8 Å². The predicted molar refractivity (Wildman–Crippen MR) is 72.4 cm³/mol. The molecule has 0 aliphatic heterocycles. The molecule has 1 aromatic heterocycles. The molecule has 112 valence electrons. The molecule has 1 aromatic rings. The molecular formula is C13H17F3N2OS. The van der Waals surface area contributed by atoms with E-state index in [1.54, 1.807) is 0 Å². The number of carbonyl (C=O) groups excluding carboxylic acids is 1. The summed E-state index contributed by atoms with van der Waals surface area (Å²) in [6.07, 6.45) is -2.71. The summed E-state index contributed by atoms with van der Waals surface area (Å²) in [6.45, 7) is 4.73. The van der Waals surface area contributed by atoms with Gasteiger partial charge in [-0.2, -0.15) is 13.2 Å². The average Bonchev–Trinajstić information content (AvgIpc) is 2.35. The first kappa shape index (κ1) is 16.8. The van der Waals surface area contributed by atoms with Crippen molar-refractivity contribution >= 4 is 17.7 Å². The van der Waals surface area contributed by atoms with Crippen LogP contribution < -0.4 is 5.32 Å². The van der Waals surface area contributed by atoms with Gasteiger partial charge in [0.2, 0.25) is 5.91 Å². The van der Waals surface area contributed by atoms with E-state index in [1.165, 1.54) is 6.07 Å². The summed E-state index contributed by atoms with van der Waals surface area (Å²) in [6, 6.07) is 2.24. The number of carbonyl (C=O) groups is 1. The topological polar surface area (TPSA) is 42.0 Å². The first-order chi connectivity index (χ1) is 9.29. The number of halogens is 3. The first-order valence-corrected chi connectivity index (χ1v) is 7.20. The van der Waals surface area contributed by atoms with Crippen molar-refractivity contribution in [2.24, 2.45) is 5.92 Å². The van der Waals surface area contributed by atoms with Gasteiger partial charge in [-0.25, -0.2) is 4.98 Å². The van der Waals surface area contributed by atoms with Crippen LogP contribution in [0.15, 0.2) is 23.4 Å². The molecule has 7 heteroatoms. The summed E-state index contributed by atoms with van der Waals surface area (Å²) >= 11 is 1.12. The second kappa shape index (κ2) is 7.52. The van der Waals surface area contributed by atoms with Gasteiger partial charge >= 0.3 is 6.18 Å². The number of nitrogens with one attached hydrogen (secondary N) is 1. The molecular weight excluding hydrogens is 289 g/mol. The SMILES string of the molecule is CC(C)CCNC(=O)CSc1ccc(C(F)(F)F)cn1. The number of thioether (sulfide) groups is 1. The Bertz CT molecular complexity index is 432. The molecule has 0 bridgehead atoms. The van der Waals surface area contributed by atoms with Crippen molar-refractivity contribution in [1.82, 2.24) is 10.3 Å². The monoisotopic (exact) mass is 306 g/mol. The third kappa shape index (κ3) is 6.27. The Balaban J connectivity index is 2.37. The number of hydrogen-bond acceptors (Lipinski definition) is 3. The number of rotatable bonds is 6. The zero-order valence-electron chi connectivity index (χ0n) is 11.3. The molecule has 20 heavy (non-hydrogen) atoms. The fourth-order valence-corrected chi connectivity index (χ4v) is 2.00. The summed E-state index contributed by atoms with van der Waals surface area (Å²) in [5, 5.41) is 3.15. The predicted octanol–water partition coefficient (Wildman–Crippen LogP) is 3.35. The van der Waals surface area contributed by atoms with Crippen LogP contribution in [0.2, 0.25) is 0 Å². The highest BCUT2D eigenvalue weighted by molar-refractivity contribution is 7.99. The average molecular weight is 306 g/mol. The number of alkyl halides is 3. The molecule has 0 unspecified atom stereocenters. The molecule has 3 nitrogen and oxygen atoms in total. The lowest BCUT2D eigenvalue weighted by molar-refractivity contribution is -0.137. The smallest absolute Gasteiger partial charge is 0.355 e. The highest BCUT2D eigenvalue weighted by Gasteiger charge is 2.30. The van der Waals surface area contributed by atoms with E-state index in [9.17, 15) is 18.0 Å². The maximum atomic E-state index is 12.3. The molecule has 1 amide bonds. The molecule has 0 spiro atoms. The van der Waals surface area contributed by atoms with Gasteiger partial charge in [0.25, 0.3) is 0 Å². The molecule has 0 atom stereocenters. The van der Waals surface area contributed by atoms with Crippen LogP contribution in [0.3, 0.4) is 0 Å². The maximum absolute atomic E-state index is 12.3. The highest BCUT2D eigenvalue weighted by Crippen LogP contribution is 2.29. The van der Waals surface area contributed by atoms with Gasteiger partial charge in [-0.05, 0) is 24.5 Å². The molecule has 0 saturated heterocycles. The van der Waals surface area contributed by atoms with E-state index in [4.69, 9.17) is 0 Å². The van der Waals surface area contributed by atoms with Crippen molar-refractivity contribution < 1.29 is 18.0 Å². The lowest BCUT2D eigenvalue weighted by Crippen LogP contribution is -2.26. The lowest BCUT2D eigenvalue weighted by atomic mass is 10.1. The third-order valence-corrected chi connectivity index (χ3v) is 3.40. The Kier molecular flexibility index (Phi) is 6.32. The minimum atomic E-state index is -4.38. The Labute approximate surface area is 120 Å². The van der Waals surface area contributed by atoms with Crippen molar-refractivity contribution in [2.75, 3.05) is 12.3 Å². The number of aromatic nitrogens is 1. The zero-order chi connectivity index (χ0) is 15.2. The fourth-order valence-electron chi connectivity index (χ4n) is 1.32. The van der Waals surface area contributed by atoms with Crippen LogP contribution in [0, 0.1) is 5.92 Å². The molecule has 0 aromatic carbocycles.